The maximum Gasteiger partial charge on any atom is 0.573 e. The lowest BCUT2D eigenvalue weighted by molar-refractivity contribution is -0.274. The van der Waals surface area contributed by atoms with Gasteiger partial charge in [0.25, 0.3) is 5.91 Å². The van der Waals surface area contributed by atoms with Crippen LogP contribution in [0.1, 0.15) is 5.56 Å². The number of benzene rings is 2. The predicted octanol–water partition coefficient (Wildman–Crippen LogP) is 3.50. The summed E-state index contributed by atoms with van der Waals surface area (Å²) in [6, 6.07) is 10.4. The second-order valence-corrected chi connectivity index (χ2v) is 4.98. The molecule has 5 nitrogen and oxygen atoms in total. The van der Waals surface area contributed by atoms with E-state index in [1.165, 1.54) is 24.3 Å². The highest BCUT2D eigenvalue weighted by molar-refractivity contribution is 5.95. The first-order chi connectivity index (χ1) is 11.4. The van der Waals surface area contributed by atoms with Gasteiger partial charge in [-0.3, -0.25) is 4.79 Å². The molecule has 2 aromatic rings. The van der Waals surface area contributed by atoms with Crippen molar-refractivity contribution in [3.63, 3.8) is 0 Å². The molecule has 3 rings (SSSR count). The number of alkyl halides is 3. The smallest absolute Gasteiger partial charge is 0.489 e. The summed E-state index contributed by atoms with van der Waals surface area (Å²) >= 11 is 0. The van der Waals surface area contributed by atoms with Crippen LogP contribution in [0.2, 0.25) is 0 Å². The number of carbonyl (C=O) groups excluding carboxylic acids is 1. The zero-order chi connectivity index (χ0) is 17.2. The lowest BCUT2D eigenvalue weighted by atomic mass is 10.2. The van der Waals surface area contributed by atoms with Crippen LogP contribution in [0.25, 0.3) is 0 Å². The first-order valence-corrected chi connectivity index (χ1v) is 6.93. The Morgan fingerprint density at radius 1 is 1.08 bits per heavy atom. The Balaban J connectivity index is 1.61. The summed E-state index contributed by atoms with van der Waals surface area (Å²) in [6.45, 7) is 0.106. The van der Waals surface area contributed by atoms with Crippen molar-refractivity contribution in [3.8, 4) is 17.2 Å². The Bertz CT molecular complexity index is 744. The lowest BCUT2D eigenvalue weighted by Crippen LogP contribution is -2.25. The monoisotopic (exact) mass is 339 g/mol. The van der Waals surface area contributed by atoms with E-state index in [1.54, 1.807) is 18.2 Å². The number of anilines is 1. The maximum atomic E-state index is 12.1. The summed E-state index contributed by atoms with van der Waals surface area (Å²) in [5, 5.41) is 2.66. The zero-order valence-corrected chi connectivity index (χ0v) is 12.2. The van der Waals surface area contributed by atoms with Crippen LogP contribution in [0.3, 0.4) is 0 Å². The third-order valence-electron chi connectivity index (χ3n) is 3.15. The normalized spacial score (nSPS) is 13.5. The molecule has 0 aliphatic carbocycles. The largest absolute Gasteiger partial charge is 0.573 e. The fourth-order valence-corrected chi connectivity index (χ4v) is 2.10. The van der Waals surface area contributed by atoms with E-state index in [0.29, 0.717) is 22.7 Å². The topological polar surface area (TPSA) is 56.8 Å². The van der Waals surface area contributed by atoms with Gasteiger partial charge in [0, 0.05) is 6.07 Å². The Labute approximate surface area is 134 Å². The molecule has 1 heterocycles. The van der Waals surface area contributed by atoms with Crippen molar-refractivity contribution in [3.05, 3.63) is 48.0 Å². The summed E-state index contributed by atoms with van der Waals surface area (Å²) in [6.07, 6.45) is -4.71. The number of nitrogens with one attached hydrogen (secondary N) is 1. The van der Waals surface area contributed by atoms with Gasteiger partial charge in [0.05, 0.1) is 5.69 Å². The molecular formula is C16H12F3NO4. The van der Waals surface area contributed by atoms with Crippen LogP contribution in [0.4, 0.5) is 18.9 Å². The van der Waals surface area contributed by atoms with E-state index < -0.39 is 6.36 Å². The van der Waals surface area contributed by atoms with E-state index in [4.69, 9.17) is 9.47 Å². The maximum absolute atomic E-state index is 12.1. The molecule has 0 saturated heterocycles. The molecule has 1 N–H and O–H groups in total. The van der Waals surface area contributed by atoms with Gasteiger partial charge in [0.2, 0.25) is 0 Å². The van der Waals surface area contributed by atoms with Crippen LogP contribution in [0.5, 0.6) is 17.2 Å². The van der Waals surface area contributed by atoms with Crippen molar-refractivity contribution in [2.45, 2.75) is 13.0 Å². The van der Waals surface area contributed by atoms with Crippen molar-refractivity contribution in [1.29, 1.82) is 0 Å². The molecule has 0 atom stereocenters. The summed E-state index contributed by atoms with van der Waals surface area (Å²) in [5.41, 5.74) is 1.24. The lowest BCUT2D eigenvalue weighted by Gasteiger charge is -2.18. The van der Waals surface area contributed by atoms with Crippen LogP contribution in [-0.2, 0) is 11.4 Å². The van der Waals surface area contributed by atoms with Crippen molar-refractivity contribution >= 4 is 11.6 Å². The first-order valence-electron chi connectivity index (χ1n) is 6.93. The molecule has 126 valence electrons. The molecule has 0 unspecified atom stereocenters. The average molecular weight is 339 g/mol. The van der Waals surface area contributed by atoms with E-state index in [0.717, 1.165) is 0 Å². The zero-order valence-electron chi connectivity index (χ0n) is 12.2. The van der Waals surface area contributed by atoms with Gasteiger partial charge < -0.3 is 19.5 Å². The van der Waals surface area contributed by atoms with Gasteiger partial charge in [-0.05, 0) is 29.8 Å². The van der Waals surface area contributed by atoms with Crippen molar-refractivity contribution < 1.29 is 32.2 Å². The average Bonchev–Trinajstić information content (AvgIpc) is 2.53. The molecule has 8 heteroatoms. The van der Waals surface area contributed by atoms with E-state index in [2.05, 4.69) is 10.1 Å². The van der Waals surface area contributed by atoms with Gasteiger partial charge in [0.15, 0.2) is 6.61 Å². The molecule has 0 bridgehead atoms. The quantitative estimate of drug-likeness (QED) is 0.926. The number of halogens is 3. The number of carbonyl (C=O) groups is 1. The molecule has 0 spiro atoms. The Morgan fingerprint density at radius 3 is 2.50 bits per heavy atom. The Kier molecular flexibility index (Phi) is 4.20. The highest BCUT2D eigenvalue weighted by atomic mass is 19.4. The molecule has 0 saturated carbocycles. The first kappa shape index (κ1) is 16.0. The molecular weight excluding hydrogens is 327 g/mol. The third-order valence-corrected chi connectivity index (χ3v) is 3.15. The van der Waals surface area contributed by atoms with Crippen molar-refractivity contribution in [1.82, 2.24) is 0 Å². The highest BCUT2D eigenvalue weighted by Gasteiger charge is 2.30. The molecule has 0 radical (unpaired) electrons. The summed E-state index contributed by atoms with van der Waals surface area (Å²) < 4.78 is 50.9. The summed E-state index contributed by atoms with van der Waals surface area (Å²) in [5.74, 6) is 0.503. The number of hydrogen-bond acceptors (Lipinski definition) is 4. The summed E-state index contributed by atoms with van der Waals surface area (Å²) in [7, 11) is 0. The summed E-state index contributed by atoms with van der Waals surface area (Å²) in [4.78, 5) is 11.2. The number of fused-ring (bicyclic) bond motifs is 1. The van der Waals surface area contributed by atoms with E-state index in [9.17, 15) is 18.0 Å². The number of rotatable bonds is 4. The van der Waals surface area contributed by atoms with Crippen LogP contribution in [0.15, 0.2) is 42.5 Å². The van der Waals surface area contributed by atoms with Gasteiger partial charge in [0.1, 0.15) is 23.9 Å². The molecule has 24 heavy (non-hydrogen) atoms. The standard InChI is InChI=1S/C16H12F3NO4/c17-16(18,19)24-11-3-1-10(2-4-11)8-22-12-5-6-13-14(7-12)23-9-15(21)20-13/h1-7H,8-9H2,(H,20,21). The minimum absolute atomic E-state index is 0.0584. The van der Waals surface area contributed by atoms with Gasteiger partial charge in [-0.15, -0.1) is 13.2 Å². The molecule has 1 aliphatic heterocycles. The van der Waals surface area contributed by atoms with Crippen LogP contribution in [0, 0.1) is 0 Å². The second kappa shape index (κ2) is 6.31. The van der Waals surface area contributed by atoms with E-state index in [-0.39, 0.29) is 24.9 Å². The molecule has 0 fully saturated rings. The van der Waals surface area contributed by atoms with E-state index in [1.807, 2.05) is 0 Å². The minimum Gasteiger partial charge on any atom is -0.489 e. The third kappa shape index (κ3) is 4.09. The van der Waals surface area contributed by atoms with Crippen molar-refractivity contribution in [2.75, 3.05) is 11.9 Å². The van der Waals surface area contributed by atoms with Gasteiger partial charge in [-0.1, -0.05) is 12.1 Å². The Hall–Kier alpha value is -2.90. The van der Waals surface area contributed by atoms with Crippen LogP contribution >= 0.6 is 0 Å². The minimum atomic E-state index is -4.71. The second-order valence-electron chi connectivity index (χ2n) is 4.98. The van der Waals surface area contributed by atoms with Gasteiger partial charge >= 0.3 is 6.36 Å². The predicted molar refractivity (Wildman–Crippen MR) is 78.0 cm³/mol. The molecule has 0 aromatic heterocycles. The fraction of sp³-hybridized carbons (Fsp3) is 0.188. The SMILES string of the molecule is O=C1COc2cc(OCc3ccc(OC(F)(F)F)cc3)ccc2N1. The van der Waals surface area contributed by atoms with Gasteiger partial charge in [-0.2, -0.15) is 0 Å². The Morgan fingerprint density at radius 2 is 1.79 bits per heavy atom. The molecule has 2 aromatic carbocycles. The molecule has 1 amide bonds. The van der Waals surface area contributed by atoms with Gasteiger partial charge in [-0.25, -0.2) is 0 Å². The van der Waals surface area contributed by atoms with Crippen LogP contribution in [-0.4, -0.2) is 18.9 Å². The molecule has 1 aliphatic rings. The van der Waals surface area contributed by atoms with E-state index >= 15 is 0 Å². The number of ether oxygens (including phenoxy) is 3. The van der Waals surface area contributed by atoms with Crippen molar-refractivity contribution in [2.24, 2.45) is 0 Å². The highest BCUT2D eigenvalue weighted by Crippen LogP contribution is 2.32. The number of hydrogen-bond donors (Lipinski definition) is 1. The fourth-order valence-electron chi connectivity index (χ4n) is 2.10. The number of amides is 1. The van der Waals surface area contributed by atoms with Crippen LogP contribution < -0.4 is 19.5 Å².